The molecule has 0 aliphatic carbocycles. The van der Waals surface area contributed by atoms with Crippen LogP contribution in [0.15, 0.2) is 182 Å². The maximum Gasteiger partial charge on any atom is 0.272 e. The SMILES string of the molecule is CC(C)C(CO)Oc1ccccc1.CC(C)C(Oc1ccccc1)C(=O)N(c1ccccc1)c1ccccc1.c1ccc(Nc2ccccc2)cc1. The first-order valence-corrected chi connectivity index (χ1v) is 17.7. The molecule has 6 heteroatoms. The third kappa shape index (κ3) is 12.8. The van der Waals surface area contributed by atoms with Crippen LogP contribution in [-0.4, -0.2) is 29.8 Å². The summed E-state index contributed by atoms with van der Waals surface area (Å²) in [5.41, 5.74) is 3.89. The topological polar surface area (TPSA) is 71.0 Å². The number of carbonyl (C=O) groups excluding carboxylic acids is 1. The Balaban J connectivity index is 0.000000195. The Hall–Kier alpha value is -5.85. The number of hydrogen-bond donors (Lipinski definition) is 2. The third-order valence-electron chi connectivity index (χ3n) is 7.89. The van der Waals surface area contributed by atoms with Crippen molar-refractivity contribution in [2.24, 2.45) is 11.8 Å². The van der Waals surface area contributed by atoms with Gasteiger partial charge in [0, 0.05) is 22.7 Å². The lowest BCUT2D eigenvalue weighted by molar-refractivity contribution is -0.126. The van der Waals surface area contributed by atoms with E-state index in [1.807, 2.05) is 210 Å². The van der Waals surface area contributed by atoms with Crippen LogP contribution in [0.2, 0.25) is 0 Å². The summed E-state index contributed by atoms with van der Waals surface area (Å²) in [6.45, 7) is 8.12. The third-order valence-corrected chi connectivity index (χ3v) is 7.89. The number of hydrogen-bond acceptors (Lipinski definition) is 5. The highest BCUT2D eigenvalue weighted by Crippen LogP contribution is 2.28. The predicted octanol–water partition coefficient (Wildman–Crippen LogP) is 11.0. The summed E-state index contributed by atoms with van der Waals surface area (Å²) in [6.07, 6.45) is -0.694. The van der Waals surface area contributed by atoms with Gasteiger partial charge in [-0.05, 0) is 84.6 Å². The molecule has 52 heavy (non-hydrogen) atoms. The average molecular weight is 695 g/mol. The van der Waals surface area contributed by atoms with E-state index in [9.17, 15) is 4.79 Å². The first-order chi connectivity index (χ1) is 25.4. The minimum Gasteiger partial charge on any atom is -0.488 e. The minimum atomic E-state index is -0.585. The molecule has 6 aromatic rings. The Labute approximate surface area is 309 Å². The normalized spacial score (nSPS) is 11.5. The molecule has 0 spiro atoms. The van der Waals surface area contributed by atoms with Crippen molar-refractivity contribution in [3.8, 4) is 11.5 Å². The molecular weight excluding hydrogens is 645 g/mol. The smallest absolute Gasteiger partial charge is 0.272 e. The van der Waals surface area contributed by atoms with Gasteiger partial charge >= 0.3 is 0 Å². The lowest BCUT2D eigenvalue weighted by atomic mass is 10.0. The summed E-state index contributed by atoms with van der Waals surface area (Å²) in [4.78, 5) is 15.2. The van der Waals surface area contributed by atoms with Crippen LogP contribution in [0.4, 0.5) is 22.7 Å². The maximum atomic E-state index is 13.5. The number of nitrogens with one attached hydrogen (secondary N) is 1. The molecule has 6 aromatic carbocycles. The number of para-hydroxylation sites is 6. The minimum absolute atomic E-state index is 0.0256. The second-order valence-electron chi connectivity index (χ2n) is 12.7. The van der Waals surface area contributed by atoms with Crippen molar-refractivity contribution in [2.45, 2.75) is 39.9 Å². The molecule has 0 radical (unpaired) electrons. The zero-order chi connectivity index (χ0) is 37.0. The Morgan fingerprint density at radius 2 is 0.865 bits per heavy atom. The molecule has 0 aliphatic rings. The molecule has 2 N–H and O–H groups in total. The van der Waals surface area contributed by atoms with E-state index in [1.165, 1.54) is 0 Å². The Morgan fingerprint density at radius 3 is 1.21 bits per heavy atom. The molecule has 268 valence electrons. The van der Waals surface area contributed by atoms with Gasteiger partial charge in [-0.1, -0.05) is 137 Å². The Kier molecular flexibility index (Phi) is 16.0. The summed E-state index contributed by atoms with van der Waals surface area (Å²) < 4.78 is 11.6. The molecule has 0 bridgehead atoms. The van der Waals surface area contributed by atoms with Crippen molar-refractivity contribution in [1.82, 2.24) is 0 Å². The molecule has 1 amide bonds. The van der Waals surface area contributed by atoms with Crippen molar-refractivity contribution in [1.29, 1.82) is 0 Å². The highest BCUT2D eigenvalue weighted by molar-refractivity contribution is 6.03. The van der Waals surface area contributed by atoms with Crippen molar-refractivity contribution in [3.63, 3.8) is 0 Å². The summed E-state index contributed by atoms with van der Waals surface area (Å²) in [5, 5.41) is 12.3. The van der Waals surface area contributed by atoms with Gasteiger partial charge in [-0.15, -0.1) is 0 Å². The van der Waals surface area contributed by atoms with Crippen LogP contribution in [0.25, 0.3) is 0 Å². The van der Waals surface area contributed by atoms with E-state index < -0.39 is 6.10 Å². The highest BCUT2D eigenvalue weighted by Gasteiger charge is 2.31. The highest BCUT2D eigenvalue weighted by atomic mass is 16.5. The molecule has 0 heterocycles. The largest absolute Gasteiger partial charge is 0.488 e. The number of anilines is 4. The first-order valence-electron chi connectivity index (χ1n) is 17.7. The van der Waals surface area contributed by atoms with Gasteiger partial charge in [-0.2, -0.15) is 0 Å². The second kappa shape index (κ2) is 21.4. The number of amides is 1. The zero-order valence-electron chi connectivity index (χ0n) is 30.5. The van der Waals surface area contributed by atoms with Crippen LogP contribution in [-0.2, 0) is 4.79 Å². The van der Waals surface area contributed by atoms with E-state index in [4.69, 9.17) is 14.6 Å². The van der Waals surface area contributed by atoms with Crippen molar-refractivity contribution in [2.75, 3.05) is 16.8 Å². The summed E-state index contributed by atoms with van der Waals surface area (Å²) >= 11 is 0. The lowest BCUT2D eigenvalue weighted by Crippen LogP contribution is -2.42. The summed E-state index contributed by atoms with van der Waals surface area (Å²) in [5.74, 6) is 1.78. The first kappa shape index (κ1) is 38.9. The number of ether oxygens (including phenoxy) is 2. The van der Waals surface area contributed by atoms with E-state index in [0.717, 1.165) is 28.5 Å². The van der Waals surface area contributed by atoms with Gasteiger partial charge in [-0.25, -0.2) is 0 Å². The number of carbonyl (C=O) groups is 1. The molecule has 0 saturated carbocycles. The van der Waals surface area contributed by atoms with Crippen LogP contribution in [0.5, 0.6) is 11.5 Å². The fourth-order valence-electron chi connectivity index (χ4n) is 5.07. The summed E-state index contributed by atoms with van der Waals surface area (Å²) in [7, 11) is 0. The lowest BCUT2D eigenvalue weighted by Gasteiger charge is -2.30. The van der Waals surface area contributed by atoms with Gasteiger partial charge in [0.2, 0.25) is 0 Å². The van der Waals surface area contributed by atoms with Crippen LogP contribution in [0.1, 0.15) is 27.7 Å². The monoisotopic (exact) mass is 694 g/mol. The van der Waals surface area contributed by atoms with Gasteiger partial charge in [0.15, 0.2) is 6.10 Å². The number of nitrogens with zero attached hydrogens (tertiary/aromatic N) is 1. The number of benzene rings is 6. The average Bonchev–Trinajstić information content (AvgIpc) is 3.19. The van der Waals surface area contributed by atoms with E-state index >= 15 is 0 Å². The van der Waals surface area contributed by atoms with Crippen molar-refractivity contribution >= 4 is 28.7 Å². The number of aliphatic hydroxyl groups is 1. The van der Waals surface area contributed by atoms with Crippen LogP contribution in [0, 0.1) is 11.8 Å². The quantitative estimate of drug-likeness (QED) is 0.133. The molecule has 0 fully saturated rings. The Morgan fingerprint density at radius 1 is 0.519 bits per heavy atom. The van der Waals surface area contributed by atoms with Crippen LogP contribution >= 0.6 is 0 Å². The number of rotatable bonds is 12. The molecule has 0 aromatic heterocycles. The van der Waals surface area contributed by atoms with E-state index in [-0.39, 0.29) is 24.5 Å². The summed E-state index contributed by atoms with van der Waals surface area (Å²) in [6, 6.07) is 58.7. The zero-order valence-corrected chi connectivity index (χ0v) is 30.5. The molecule has 0 aliphatic heterocycles. The van der Waals surface area contributed by atoms with E-state index in [1.54, 1.807) is 4.90 Å². The van der Waals surface area contributed by atoms with Crippen molar-refractivity contribution in [3.05, 3.63) is 182 Å². The van der Waals surface area contributed by atoms with Crippen molar-refractivity contribution < 1.29 is 19.4 Å². The van der Waals surface area contributed by atoms with Gasteiger partial charge < -0.3 is 19.9 Å². The standard InChI is InChI=1S/C23H23NO2.C12H11N.C11H16O2/c1-18(2)22(26-21-16-10-5-11-17-21)23(25)24(19-12-6-3-7-13-19)20-14-8-4-9-15-20;1-3-7-11(8-4-1)13-12-9-5-2-6-10-12;1-9(2)11(8-12)13-10-6-4-3-5-7-10/h3-18,22H,1-2H3;1-10,13H;3-7,9,11-12H,8H2,1-2H3. The van der Waals surface area contributed by atoms with Gasteiger partial charge in [0.1, 0.15) is 17.6 Å². The molecule has 2 atom stereocenters. The molecular formula is C46H50N2O4. The second-order valence-corrected chi connectivity index (χ2v) is 12.7. The van der Waals surface area contributed by atoms with E-state index in [0.29, 0.717) is 11.7 Å². The molecule has 0 saturated heterocycles. The van der Waals surface area contributed by atoms with Gasteiger partial charge in [-0.3, -0.25) is 9.69 Å². The van der Waals surface area contributed by atoms with Gasteiger partial charge in [0.25, 0.3) is 5.91 Å². The van der Waals surface area contributed by atoms with Gasteiger partial charge in [0.05, 0.1) is 6.61 Å². The van der Waals surface area contributed by atoms with Crippen LogP contribution < -0.4 is 19.7 Å². The molecule has 6 rings (SSSR count). The maximum absolute atomic E-state index is 13.5. The van der Waals surface area contributed by atoms with Crippen LogP contribution in [0.3, 0.4) is 0 Å². The van der Waals surface area contributed by atoms with E-state index in [2.05, 4.69) is 5.32 Å². The molecule has 2 unspecified atom stereocenters. The predicted molar refractivity (Wildman–Crippen MR) is 215 cm³/mol. The fourth-order valence-corrected chi connectivity index (χ4v) is 5.07. The Bertz CT molecular complexity index is 1730. The number of aliphatic hydroxyl groups excluding tert-OH is 1. The fraction of sp³-hybridized carbons (Fsp3) is 0.196. The molecule has 6 nitrogen and oxygen atoms in total.